The van der Waals surface area contributed by atoms with Crippen molar-refractivity contribution in [3.8, 4) is 11.1 Å². The second-order valence-corrected chi connectivity index (χ2v) is 13.3. The molecule has 0 N–H and O–H groups in total. The van der Waals surface area contributed by atoms with E-state index in [0.717, 1.165) is 34.1 Å². The number of hydrogen-bond acceptors (Lipinski definition) is 3. The molecule has 9 aromatic rings. The maximum Gasteiger partial charge on any atom is 0.0716 e. The van der Waals surface area contributed by atoms with E-state index in [2.05, 4.69) is 204 Å². The molecule has 0 aliphatic rings. The first-order valence-corrected chi connectivity index (χ1v) is 17.4. The summed E-state index contributed by atoms with van der Waals surface area (Å²) in [5.74, 6) is 0. The lowest BCUT2D eigenvalue weighted by atomic mass is 10.0. The summed E-state index contributed by atoms with van der Waals surface area (Å²) in [7, 11) is 0. The van der Waals surface area contributed by atoms with Crippen LogP contribution in [0.4, 0.5) is 34.1 Å². The minimum absolute atomic E-state index is 1.10. The van der Waals surface area contributed by atoms with Crippen LogP contribution < -0.4 is 9.80 Å². The molecule has 0 bridgehead atoms. The fourth-order valence-corrected chi connectivity index (χ4v) is 8.04. The summed E-state index contributed by atoms with van der Waals surface area (Å²) >= 11 is 1.87. The molecule has 0 unspecified atom stereocenters. The van der Waals surface area contributed by atoms with Gasteiger partial charge in [0.15, 0.2) is 0 Å². The Morgan fingerprint density at radius 1 is 0.306 bits per heavy atom. The number of hydrogen-bond donors (Lipinski definition) is 0. The van der Waals surface area contributed by atoms with E-state index >= 15 is 0 Å². The molecule has 0 fully saturated rings. The predicted molar refractivity (Wildman–Crippen MR) is 212 cm³/mol. The van der Waals surface area contributed by atoms with E-state index in [-0.39, 0.29) is 0 Å². The van der Waals surface area contributed by atoms with Crippen molar-refractivity contribution < 1.29 is 0 Å². The van der Waals surface area contributed by atoms with Crippen LogP contribution in [0.25, 0.3) is 42.1 Å². The molecule has 0 spiro atoms. The number of benzene rings is 8. The van der Waals surface area contributed by atoms with E-state index in [1.165, 1.54) is 42.1 Å². The lowest BCUT2D eigenvalue weighted by Crippen LogP contribution is -2.17. The van der Waals surface area contributed by atoms with Crippen LogP contribution in [0, 0.1) is 0 Å². The average molecular weight is 645 g/mol. The zero-order chi connectivity index (χ0) is 32.6. The van der Waals surface area contributed by atoms with Crippen molar-refractivity contribution in [2.24, 2.45) is 0 Å². The fraction of sp³-hybridized carbons (Fsp3) is 0. The minimum atomic E-state index is 1.10. The first-order valence-electron chi connectivity index (χ1n) is 16.6. The quantitative estimate of drug-likeness (QED) is 0.170. The highest BCUT2D eigenvalue weighted by molar-refractivity contribution is 7.26. The fourth-order valence-electron chi connectivity index (χ4n) is 6.88. The Morgan fingerprint density at radius 2 is 0.735 bits per heavy atom. The molecule has 1 heterocycles. The van der Waals surface area contributed by atoms with Gasteiger partial charge >= 0.3 is 0 Å². The van der Waals surface area contributed by atoms with Gasteiger partial charge in [-0.2, -0.15) is 0 Å². The summed E-state index contributed by atoms with van der Waals surface area (Å²) in [4.78, 5) is 4.82. The first kappa shape index (κ1) is 29.0. The van der Waals surface area contributed by atoms with Crippen LogP contribution in [0.15, 0.2) is 194 Å². The Kier molecular flexibility index (Phi) is 7.38. The Bertz CT molecular complexity index is 2500. The van der Waals surface area contributed by atoms with Crippen LogP contribution in [-0.2, 0) is 0 Å². The van der Waals surface area contributed by atoms with E-state index in [1.807, 2.05) is 11.3 Å². The van der Waals surface area contributed by atoms with Gasteiger partial charge in [0.25, 0.3) is 0 Å². The molecular weight excluding hydrogens is 613 g/mol. The van der Waals surface area contributed by atoms with Gasteiger partial charge in [-0.3, -0.25) is 0 Å². The number of anilines is 6. The Morgan fingerprint density at radius 3 is 1.35 bits per heavy atom. The van der Waals surface area contributed by atoms with Gasteiger partial charge in [-0.25, -0.2) is 0 Å². The number of para-hydroxylation sites is 3. The summed E-state index contributed by atoms with van der Waals surface area (Å²) in [6.07, 6.45) is 0. The van der Waals surface area contributed by atoms with Crippen LogP contribution in [0.3, 0.4) is 0 Å². The van der Waals surface area contributed by atoms with Crippen molar-refractivity contribution in [2.45, 2.75) is 0 Å². The average Bonchev–Trinajstić information content (AvgIpc) is 3.52. The minimum Gasteiger partial charge on any atom is -0.308 e. The van der Waals surface area contributed by atoms with E-state index in [1.54, 1.807) is 0 Å². The second kappa shape index (κ2) is 12.5. The van der Waals surface area contributed by atoms with E-state index in [4.69, 9.17) is 0 Å². The Hall–Kier alpha value is -6.16. The van der Waals surface area contributed by atoms with E-state index in [9.17, 15) is 0 Å². The number of fused-ring (bicyclic) bond motifs is 4. The van der Waals surface area contributed by atoms with Gasteiger partial charge in [0.2, 0.25) is 0 Å². The summed E-state index contributed by atoms with van der Waals surface area (Å²) < 4.78 is 2.55. The maximum atomic E-state index is 2.42. The van der Waals surface area contributed by atoms with Gasteiger partial charge in [-0.15, -0.1) is 11.3 Å². The van der Waals surface area contributed by atoms with Crippen LogP contribution >= 0.6 is 11.3 Å². The highest BCUT2D eigenvalue weighted by atomic mass is 32.1. The van der Waals surface area contributed by atoms with Gasteiger partial charge in [-0.05, 0) is 94.7 Å². The predicted octanol–water partition coefficient (Wildman–Crippen LogP) is 13.8. The molecule has 3 heteroatoms. The number of rotatable bonds is 7. The molecule has 0 aliphatic carbocycles. The Labute approximate surface area is 290 Å². The normalized spacial score (nSPS) is 11.3. The maximum absolute atomic E-state index is 2.42. The summed E-state index contributed by atoms with van der Waals surface area (Å²) in [5.41, 5.74) is 8.98. The van der Waals surface area contributed by atoms with E-state index < -0.39 is 0 Å². The van der Waals surface area contributed by atoms with Crippen molar-refractivity contribution in [1.29, 1.82) is 0 Å². The molecular formula is C46H32N2S. The zero-order valence-electron chi connectivity index (χ0n) is 26.8. The molecule has 8 aromatic carbocycles. The van der Waals surface area contributed by atoms with Crippen molar-refractivity contribution in [3.63, 3.8) is 0 Å². The molecule has 0 amide bonds. The smallest absolute Gasteiger partial charge is 0.0716 e. The third-order valence-corrected chi connectivity index (χ3v) is 10.3. The lowest BCUT2D eigenvalue weighted by Gasteiger charge is -2.33. The zero-order valence-corrected chi connectivity index (χ0v) is 27.6. The lowest BCUT2D eigenvalue weighted by molar-refractivity contribution is 1.23. The molecule has 0 radical (unpaired) electrons. The third kappa shape index (κ3) is 5.41. The monoisotopic (exact) mass is 644 g/mol. The van der Waals surface area contributed by atoms with Gasteiger partial charge in [0.1, 0.15) is 0 Å². The van der Waals surface area contributed by atoms with Gasteiger partial charge in [0.05, 0.1) is 11.4 Å². The van der Waals surface area contributed by atoms with Crippen LogP contribution in [0.2, 0.25) is 0 Å². The number of thiophene rings is 1. The van der Waals surface area contributed by atoms with Gasteiger partial charge in [-0.1, -0.05) is 121 Å². The Balaban J connectivity index is 1.38. The topological polar surface area (TPSA) is 6.48 Å². The molecule has 49 heavy (non-hydrogen) atoms. The summed E-state index contributed by atoms with van der Waals surface area (Å²) in [5, 5.41) is 5.06. The van der Waals surface area contributed by atoms with Crippen LogP contribution in [0.5, 0.6) is 0 Å². The molecule has 0 atom stereocenters. The van der Waals surface area contributed by atoms with Crippen molar-refractivity contribution in [1.82, 2.24) is 0 Å². The SMILES string of the molecule is c1ccc(-c2cccc(N(c3ccccc3)c3cc4c(cc3N(c3ccccc3)c3ccccc3)sc3cc5ccccc5cc34)c2)cc1. The summed E-state index contributed by atoms with van der Waals surface area (Å²) in [6, 6.07) is 69.9. The van der Waals surface area contributed by atoms with Gasteiger partial charge < -0.3 is 9.80 Å². The number of nitrogens with zero attached hydrogens (tertiary/aromatic N) is 2. The highest BCUT2D eigenvalue weighted by Crippen LogP contribution is 2.50. The largest absolute Gasteiger partial charge is 0.308 e. The van der Waals surface area contributed by atoms with Crippen molar-refractivity contribution in [3.05, 3.63) is 194 Å². The molecule has 0 saturated heterocycles. The third-order valence-electron chi connectivity index (χ3n) is 9.17. The van der Waals surface area contributed by atoms with Crippen LogP contribution in [0.1, 0.15) is 0 Å². The molecule has 1 aromatic heterocycles. The molecule has 0 aliphatic heterocycles. The molecule has 9 rings (SSSR count). The second-order valence-electron chi connectivity index (χ2n) is 12.2. The van der Waals surface area contributed by atoms with E-state index in [0.29, 0.717) is 0 Å². The standard InChI is InChI=1S/C46H32N2S/c1-5-16-33(17-6-1)34-20-15-27-40(28-34)48(39-25-11-4-12-26-39)43-31-42-41-29-35-18-13-14-19-36(35)30-45(41)49-46(42)32-44(43)47(37-21-7-2-8-22-37)38-23-9-3-10-24-38/h1-32H. The van der Waals surface area contributed by atoms with Gasteiger partial charge in [0, 0.05) is 42.9 Å². The van der Waals surface area contributed by atoms with Crippen LogP contribution in [-0.4, -0.2) is 0 Å². The molecule has 0 saturated carbocycles. The molecule has 232 valence electrons. The highest BCUT2D eigenvalue weighted by Gasteiger charge is 2.24. The van der Waals surface area contributed by atoms with Crippen molar-refractivity contribution in [2.75, 3.05) is 9.80 Å². The van der Waals surface area contributed by atoms with Crippen molar-refractivity contribution >= 4 is 76.4 Å². The first-order chi connectivity index (χ1) is 24.3. The molecule has 2 nitrogen and oxygen atoms in total. The summed E-state index contributed by atoms with van der Waals surface area (Å²) in [6.45, 7) is 0.